The van der Waals surface area contributed by atoms with Crippen molar-refractivity contribution in [3.8, 4) is 17.2 Å². The van der Waals surface area contributed by atoms with Gasteiger partial charge in [-0.25, -0.2) is 9.00 Å². The van der Waals surface area contributed by atoms with E-state index in [1.807, 2.05) is 20.8 Å². The van der Waals surface area contributed by atoms with Crippen LogP contribution >= 0.6 is 0 Å². The highest BCUT2D eigenvalue weighted by molar-refractivity contribution is 7.88. The maximum atomic E-state index is 13.5. The topological polar surface area (TPSA) is 132 Å². The molecule has 0 aromatic heterocycles. The SMILES string of the molecule is CCCCc1cc(C(=O)O)ccc1OC(C(=O)N=S(=O)(O)c1ccc(C(C)C)cc1)c1ccc2c(c1)OCO2. The Kier molecular flexibility index (Phi) is 8.57. The molecule has 1 heterocycles. The van der Waals surface area contributed by atoms with Gasteiger partial charge < -0.3 is 19.3 Å². The molecule has 0 fully saturated rings. The number of hydrogen-bond donors (Lipinski definition) is 2. The summed E-state index contributed by atoms with van der Waals surface area (Å²) in [4.78, 5) is 25.1. The van der Waals surface area contributed by atoms with Gasteiger partial charge in [0.1, 0.15) is 5.75 Å². The minimum atomic E-state index is -4.09. The molecule has 0 saturated carbocycles. The molecule has 0 spiro atoms. The number of fused-ring (bicyclic) bond motifs is 1. The van der Waals surface area contributed by atoms with E-state index in [-0.39, 0.29) is 28.9 Å². The third kappa shape index (κ3) is 6.58. The van der Waals surface area contributed by atoms with Gasteiger partial charge in [-0.05, 0) is 72.4 Å². The molecule has 0 radical (unpaired) electrons. The van der Waals surface area contributed by atoms with Gasteiger partial charge in [-0.15, -0.1) is 4.36 Å². The van der Waals surface area contributed by atoms with Crippen LogP contribution in [0.4, 0.5) is 0 Å². The highest BCUT2D eigenvalue weighted by atomic mass is 32.2. The first-order valence-electron chi connectivity index (χ1n) is 12.6. The minimum absolute atomic E-state index is 0.000803. The summed E-state index contributed by atoms with van der Waals surface area (Å²) >= 11 is 0. The Hall–Kier alpha value is -3.89. The van der Waals surface area contributed by atoms with E-state index in [2.05, 4.69) is 4.36 Å². The number of aryl methyl sites for hydroxylation is 1. The molecule has 0 saturated heterocycles. The molecule has 39 heavy (non-hydrogen) atoms. The number of rotatable bonds is 10. The fourth-order valence-corrected chi connectivity index (χ4v) is 5.04. The lowest BCUT2D eigenvalue weighted by molar-refractivity contribution is -0.124. The highest BCUT2D eigenvalue weighted by Gasteiger charge is 2.28. The predicted octanol–water partition coefficient (Wildman–Crippen LogP) is 6.23. The molecule has 0 bridgehead atoms. The van der Waals surface area contributed by atoms with Crippen molar-refractivity contribution in [2.24, 2.45) is 4.36 Å². The lowest BCUT2D eigenvalue weighted by Crippen LogP contribution is -2.20. The molecule has 0 aliphatic carbocycles. The average molecular weight is 554 g/mol. The van der Waals surface area contributed by atoms with Gasteiger partial charge in [0.2, 0.25) is 12.9 Å². The smallest absolute Gasteiger partial charge is 0.335 e. The summed E-state index contributed by atoms with van der Waals surface area (Å²) in [5, 5.41) is 9.45. The van der Waals surface area contributed by atoms with Gasteiger partial charge in [-0.3, -0.25) is 9.35 Å². The summed E-state index contributed by atoms with van der Waals surface area (Å²) in [6.45, 7) is 6.04. The molecular weight excluding hydrogens is 522 g/mol. The number of carboxylic acid groups (broad SMARTS) is 1. The first-order valence-corrected chi connectivity index (χ1v) is 14.1. The van der Waals surface area contributed by atoms with Gasteiger partial charge in [-0.2, -0.15) is 0 Å². The molecule has 4 rings (SSSR count). The molecule has 1 aliphatic rings. The molecule has 3 aromatic rings. The number of carbonyl (C=O) groups excluding carboxylic acids is 1. The highest BCUT2D eigenvalue weighted by Crippen LogP contribution is 2.37. The van der Waals surface area contributed by atoms with Crippen molar-refractivity contribution in [1.29, 1.82) is 0 Å². The van der Waals surface area contributed by atoms with E-state index >= 15 is 0 Å². The fraction of sp³-hybridized carbons (Fsp3) is 0.310. The summed E-state index contributed by atoms with van der Waals surface area (Å²) in [6.07, 6.45) is 0.742. The van der Waals surface area contributed by atoms with Crippen molar-refractivity contribution in [2.75, 3.05) is 6.79 Å². The van der Waals surface area contributed by atoms with Crippen LogP contribution in [0, 0.1) is 0 Å². The summed E-state index contributed by atoms with van der Waals surface area (Å²) in [7, 11) is -4.09. The third-order valence-corrected chi connectivity index (χ3v) is 7.66. The Morgan fingerprint density at radius 3 is 2.36 bits per heavy atom. The molecule has 2 atom stereocenters. The van der Waals surface area contributed by atoms with Gasteiger partial charge in [0, 0.05) is 5.56 Å². The number of carbonyl (C=O) groups is 2. The molecular formula is C29H31NO8S. The minimum Gasteiger partial charge on any atom is -0.478 e. The van der Waals surface area contributed by atoms with E-state index in [0.29, 0.717) is 29.0 Å². The number of unbranched alkanes of at least 4 members (excludes halogenated alkanes) is 1. The molecule has 2 unspecified atom stereocenters. The first-order chi connectivity index (χ1) is 18.6. The van der Waals surface area contributed by atoms with Crippen LogP contribution in [-0.2, 0) is 21.2 Å². The van der Waals surface area contributed by atoms with Crippen molar-refractivity contribution in [3.05, 3.63) is 82.9 Å². The van der Waals surface area contributed by atoms with Crippen LogP contribution in [0.1, 0.15) is 72.7 Å². The summed E-state index contributed by atoms with van der Waals surface area (Å²) in [5.41, 5.74) is 2.00. The molecule has 1 aliphatic heterocycles. The van der Waals surface area contributed by atoms with Crippen molar-refractivity contribution in [3.63, 3.8) is 0 Å². The number of nitrogens with zero attached hydrogens (tertiary/aromatic N) is 1. The third-order valence-electron chi connectivity index (χ3n) is 6.34. The van der Waals surface area contributed by atoms with Crippen LogP contribution in [0.3, 0.4) is 0 Å². The Balaban J connectivity index is 1.75. The van der Waals surface area contributed by atoms with Gasteiger partial charge in [0.05, 0.1) is 10.5 Å². The normalized spacial score (nSPS) is 14.5. The quantitative estimate of drug-likeness (QED) is 0.302. The first kappa shape index (κ1) is 28.1. The van der Waals surface area contributed by atoms with Crippen molar-refractivity contribution < 1.29 is 37.7 Å². The lowest BCUT2D eigenvalue weighted by atomic mass is 10.0. The standard InChI is InChI=1S/C29H31NO8S/c1-4-5-6-20-15-22(29(32)33)10-13-24(20)38-27(21-9-14-25-26(16-21)37-17-36-25)28(31)30-39(34,35)23-11-7-19(8-12-23)18(2)3/h7-16,18,27H,4-6,17H2,1-3H3,(H,32,33)(H,30,31,34,35). The molecule has 10 heteroatoms. The summed E-state index contributed by atoms with van der Waals surface area (Å²) in [6, 6.07) is 15.6. The second-order valence-electron chi connectivity index (χ2n) is 9.49. The molecule has 3 aromatic carbocycles. The van der Waals surface area contributed by atoms with E-state index in [4.69, 9.17) is 14.2 Å². The van der Waals surface area contributed by atoms with E-state index in [1.54, 1.807) is 30.3 Å². The van der Waals surface area contributed by atoms with Gasteiger partial charge in [0.25, 0.3) is 0 Å². The largest absolute Gasteiger partial charge is 0.478 e. The number of hydrogen-bond acceptors (Lipinski definition) is 6. The monoisotopic (exact) mass is 553 g/mol. The van der Waals surface area contributed by atoms with Crippen LogP contribution < -0.4 is 14.2 Å². The van der Waals surface area contributed by atoms with Crippen LogP contribution in [0.25, 0.3) is 0 Å². The number of amides is 1. The number of aromatic carboxylic acids is 1. The maximum absolute atomic E-state index is 13.5. The number of carboxylic acids is 1. The Morgan fingerprint density at radius 1 is 1.00 bits per heavy atom. The van der Waals surface area contributed by atoms with E-state index < -0.39 is 28.0 Å². The van der Waals surface area contributed by atoms with Gasteiger partial charge >= 0.3 is 11.9 Å². The Morgan fingerprint density at radius 2 is 1.69 bits per heavy atom. The van der Waals surface area contributed by atoms with E-state index in [1.165, 1.54) is 30.3 Å². The zero-order chi connectivity index (χ0) is 28.2. The number of benzene rings is 3. The average Bonchev–Trinajstić information content (AvgIpc) is 3.38. The molecule has 2 N–H and O–H groups in total. The fourth-order valence-electron chi connectivity index (χ4n) is 4.11. The zero-order valence-corrected chi connectivity index (χ0v) is 22.8. The Labute approximate surface area is 227 Å². The zero-order valence-electron chi connectivity index (χ0n) is 22.0. The molecule has 206 valence electrons. The van der Waals surface area contributed by atoms with Crippen molar-refractivity contribution >= 4 is 21.9 Å². The maximum Gasteiger partial charge on any atom is 0.335 e. The van der Waals surface area contributed by atoms with Crippen LogP contribution in [-0.4, -0.2) is 32.5 Å². The molecule has 9 nitrogen and oxygen atoms in total. The molecule has 1 amide bonds. The van der Waals surface area contributed by atoms with Crippen LogP contribution in [0.2, 0.25) is 0 Å². The van der Waals surface area contributed by atoms with Crippen LogP contribution in [0.15, 0.2) is 69.9 Å². The summed E-state index contributed by atoms with van der Waals surface area (Å²) < 4.78 is 44.6. The second-order valence-corrected chi connectivity index (χ2v) is 11.1. The van der Waals surface area contributed by atoms with E-state index in [9.17, 15) is 23.5 Å². The predicted molar refractivity (Wildman–Crippen MR) is 145 cm³/mol. The number of ether oxygens (including phenoxy) is 3. The van der Waals surface area contributed by atoms with Crippen molar-refractivity contribution in [2.45, 2.75) is 57.0 Å². The Bertz CT molecular complexity index is 1490. The van der Waals surface area contributed by atoms with Gasteiger partial charge in [0.15, 0.2) is 21.5 Å². The lowest BCUT2D eigenvalue weighted by Gasteiger charge is -2.20. The summed E-state index contributed by atoms with van der Waals surface area (Å²) in [5.74, 6) is -0.655. The second kappa shape index (κ2) is 11.9. The van der Waals surface area contributed by atoms with E-state index in [0.717, 1.165) is 18.4 Å². The van der Waals surface area contributed by atoms with Crippen molar-refractivity contribution in [1.82, 2.24) is 0 Å². The van der Waals surface area contributed by atoms with Gasteiger partial charge in [-0.1, -0.05) is 45.4 Å². The van der Waals surface area contributed by atoms with Crippen LogP contribution in [0.5, 0.6) is 17.2 Å².